The van der Waals surface area contributed by atoms with E-state index in [9.17, 15) is 9.59 Å². The molecule has 0 saturated heterocycles. The molecule has 3 aromatic rings. The summed E-state index contributed by atoms with van der Waals surface area (Å²) in [5.41, 5.74) is 2.34. The standard InChI is InChI=1S/C23H25Cl2N3O2/c1-23(2,3)22(30)28-13-21(29)27-12-17(15-9-8-14(24)10-19(15)25)18-11-26-20-7-5-4-6-16(18)20/h4-11,17,26H,12-13H2,1-3H3,(H,27,29)(H,28,30). The molecule has 2 amide bonds. The van der Waals surface area contributed by atoms with Crippen LogP contribution in [0.15, 0.2) is 48.7 Å². The Hall–Kier alpha value is -2.50. The van der Waals surface area contributed by atoms with Crippen LogP contribution < -0.4 is 10.6 Å². The molecule has 3 rings (SSSR count). The average Bonchev–Trinajstić information content (AvgIpc) is 3.11. The number of nitrogens with one attached hydrogen (secondary N) is 3. The van der Waals surface area contributed by atoms with E-state index in [0.29, 0.717) is 16.6 Å². The largest absolute Gasteiger partial charge is 0.361 e. The van der Waals surface area contributed by atoms with Crippen molar-refractivity contribution in [1.29, 1.82) is 0 Å². The number of H-pyrrole nitrogens is 1. The van der Waals surface area contributed by atoms with Crippen molar-refractivity contribution in [2.24, 2.45) is 5.41 Å². The van der Waals surface area contributed by atoms with E-state index in [4.69, 9.17) is 23.2 Å². The van der Waals surface area contributed by atoms with Gasteiger partial charge >= 0.3 is 0 Å². The van der Waals surface area contributed by atoms with E-state index in [1.165, 1.54) is 0 Å². The van der Waals surface area contributed by atoms with Gasteiger partial charge in [-0.15, -0.1) is 0 Å². The van der Waals surface area contributed by atoms with Crippen molar-refractivity contribution in [2.75, 3.05) is 13.1 Å². The molecule has 0 aliphatic heterocycles. The molecular formula is C23H25Cl2N3O2. The zero-order chi connectivity index (χ0) is 21.9. The highest BCUT2D eigenvalue weighted by atomic mass is 35.5. The topological polar surface area (TPSA) is 74.0 Å². The number of hydrogen-bond donors (Lipinski definition) is 3. The fraction of sp³-hybridized carbons (Fsp3) is 0.304. The van der Waals surface area contributed by atoms with Crippen molar-refractivity contribution in [3.8, 4) is 0 Å². The van der Waals surface area contributed by atoms with Gasteiger partial charge in [-0.3, -0.25) is 9.59 Å². The van der Waals surface area contributed by atoms with E-state index in [-0.39, 0.29) is 24.3 Å². The van der Waals surface area contributed by atoms with Crippen molar-refractivity contribution < 1.29 is 9.59 Å². The molecule has 1 unspecified atom stereocenters. The average molecular weight is 446 g/mol. The first-order valence-corrected chi connectivity index (χ1v) is 10.5. The Bertz CT molecular complexity index is 1070. The third-order valence-electron chi connectivity index (χ3n) is 4.93. The summed E-state index contributed by atoms with van der Waals surface area (Å²) < 4.78 is 0. The van der Waals surface area contributed by atoms with Gasteiger partial charge in [0.25, 0.3) is 0 Å². The van der Waals surface area contributed by atoms with Gasteiger partial charge < -0.3 is 15.6 Å². The molecule has 0 aliphatic rings. The Morgan fingerprint density at radius 3 is 2.47 bits per heavy atom. The molecular weight excluding hydrogens is 421 g/mol. The Morgan fingerprint density at radius 1 is 1.03 bits per heavy atom. The molecule has 0 fully saturated rings. The summed E-state index contributed by atoms with van der Waals surface area (Å²) in [6, 6.07) is 13.3. The lowest BCUT2D eigenvalue weighted by atomic mass is 9.90. The summed E-state index contributed by atoms with van der Waals surface area (Å²) in [6.07, 6.45) is 1.94. The van der Waals surface area contributed by atoms with Crippen LogP contribution in [0.2, 0.25) is 10.0 Å². The first kappa shape index (κ1) is 22.2. The van der Waals surface area contributed by atoms with Crippen molar-refractivity contribution >= 4 is 45.9 Å². The Balaban J connectivity index is 1.82. The minimum atomic E-state index is -0.552. The number of halogens is 2. The normalized spacial score (nSPS) is 12.6. The van der Waals surface area contributed by atoms with Crippen LogP contribution in [0.4, 0.5) is 0 Å². The molecule has 0 spiro atoms. The fourth-order valence-corrected chi connectivity index (χ4v) is 3.80. The molecule has 1 atom stereocenters. The van der Waals surface area contributed by atoms with Gasteiger partial charge in [0.1, 0.15) is 0 Å². The Labute approximate surface area is 186 Å². The molecule has 2 aromatic carbocycles. The second kappa shape index (κ2) is 9.11. The van der Waals surface area contributed by atoms with E-state index >= 15 is 0 Å². The number of carbonyl (C=O) groups excluding carboxylic acids is 2. The van der Waals surface area contributed by atoms with E-state index in [2.05, 4.69) is 15.6 Å². The van der Waals surface area contributed by atoms with Gasteiger partial charge in [-0.25, -0.2) is 0 Å². The van der Waals surface area contributed by atoms with Crippen LogP contribution >= 0.6 is 23.2 Å². The number of rotatable bonds is 6. The first-order valence-electron chi connectivity index (χ1n) is 9.73. The number of aromatic amines is 1. The van der Waals surface area contributed by atoms with Crippen molar-refractivity contribution in [2.45, 2.75) is 26.7 Å². The zero-order valence-electron chi connectivity index (χ0n) is 17.2. The number of amides is 2. The van der Waals surface area contributed by atoms with Crippen LogP contribution in [-0.4, -0.2) is 29.9 Å². The van der Waals surface area contributed by atoms with Gasteiger partial charge in [-0.1, -0.05) is 68.2 Å². The second-order valence-corrected chi connectivity index (χ2v) is 9.09. The Kier molecular flexibility index (Phi) is 6.74. The highest BCUT2D eigenvalue weighted by Gasteiger charge is 2.23. The maximum absolute atomic E-state index is 12.4. The summed E-state index contributed by atoms with van der Waals surface area (Å²) in [6.45, 7) is 5.65. The summed E-state index contributed by atoms with van der Waals surface area (Å²) in [7, 11) is 0. The Morgan fingerprint density at radius 2 is 1.77 bits per heavy atom. The predicted molar refractivity (Wildman–Crippen MR) is 122 cm³/mol. The maximum atomic E-state index is 12.4. The second-order valence-electron chi connectivity index (χ2n) is 8.24. The van der Waals surface area contributed by atoms with Crippen LogP contribution in [0, 0.1) is 5.41 Å². The fourth-order valence-electron chi connectivity index (χ4n) is 3.26. The molecule has 7 heteroatoms. The quantitative estimate of drug-likeness (QED) is 0.505. The zero-order valence-corrected chi connectivity index (χ0v) is 18.7. The molecule has 0 aliphatic carbocycles. The highest BCUT2D eigenvalue weighted by molar-refractivity contribution is 6.35. The van der Waals surface area contributed by atoms with E-state index < -0.39 is 5.41 Å². The summed E-state index contributed by atoms with van der Waals surface area (Å²) in [4.78, 5) is 27.7. The summed E-state index contributed by atoms with van der Waals surface area (Å²) >= 11 is 12.6. The van der Waals surface area contributed by atoms with Gasteiger partial charge in [-0.2, -0.15) is 0 Å². The lowest BCUT2D eigenvalue weighted by molar-refractivity contribution is -0.131. The number of para-hydroxylation sites is 1. The number of hydrogen-bond acceptors (Lipinski definition) is 2. The third kappa shape index (κ3) is 5.15. The van der Waals surface area contributed by atoms with Crippen molar-refractivity contribution in [3.05, 3.63) is 69.8 Å². The van der Waals surface area contributed by atoms with Crippen LogP contribution in [0.1, 0.15) is 37.8 Å². The molecule has 30 heavy (non-hydrogen) atoms. The molecule has 5 nitrogen and oxygen atoms in total. The van der Waals surface area contributed by atoms with Crippen LogP contribution in [0.5, 0.6) is 0 Å². The van der Waals surface area contributed by atoms with Gasteiger partial charge in [0, 0.05) is 45.0 Å². The summed E-state index contributed by atoms with van der Waals surface area (Å²) in [5.74, 6) is -0.623. The smallest absolute Gasteiger partial charge is 0.239 e. The highest BCUT2D eigenvalue weighted by Crippen LogP contribution is 2.35. The van der Waals surface area contributed by atoms with Gasteiger partial charge in [0.2, 0.25) is 11.8 Å². The van der Waals surface area contributed by atoms with E-state index in [0.717, 1.165) is 22.0 Å². The van der Waals surface area contributed by atoms with Crippen molar-refractivity contribution in [3.63, 3.8) is 0 Å². The summed E-state index contributed by atoms with van der Waals surface area (Å²) in [5, 5.41) is 7.74. The lowest BCUT2D eigenvalue weighted by Gasteiger charge is -2.21. The first-order chi connectivity index (χ1) is 14.2. The van der Waals surface area contributed by atoms with E-state index in [1.807, 2.05) is 36.5 Å². The lowest BCUT2D eigenvalue weighted by Crippen LogP contribution is -2.42. The van der Waals surface area contributed by atoms with Crippen molar-refractivity contribution in [1.82, 2.24) is 15.6 Å². The van der Waals surface area contributed by atoms with E-state index in [1.54, 1.807) is 32.9 Å². The van der Waals surface area contributed by atoms with Crippen LogP contribution in [0.3, 0.4) is 0 Å². The number of aromatic nitrogens is 1. The third-order valence-corrected chi connectivity index (χ3v) is 5.49. The number of carbonyl (C=O) groups is 2. The molecule has 158 valence electrons. The minimum Gasteiger partial charge on any atom is -0.361 e. The molecule has 0 bridgehead atoms. The van der Waals surface area contributed by atoms with Gasteiger partial charge in [0.15, 0.2) is 0 Å². The van der Waals surface area contributed by atoms with Gasteiger partial charge in [-0.05, 0) is 29.3 Å². The number of benzene rings is 2. The molecule has 3 N–H and O–H groups in total. The molecule has 0 saturated carbocycles. The predicted octanol–water partition coefficient (Wildman–Crippen LogP) is 4.89. The molecule has 1 aromatic heterocycles. The monoisotopic (exact) mass is 445 g/mol. The van der Waals surface area contributed by atoms with Crippen LogP contribution in [-0.2, 0) is 9.59 Å². The molecule has 0 radical (unpaired) electrons. The maximum Gasteiger partial charge on any atom is 0.239 e. The minimum absolute atomic E-state index is 0.0783. The SMILES string of the molecule is CC(C)(C)C(=O)NCC(=O)NCC(c1ccc(Cl)cc1Cl)c1c[nH]c2ccccc12. The number of fused-ring (bicyclic) bond motifs is 1. The van der Waals surface area contributed by atoms with Gasteiger partial charge in [0.05, 0.1) is 6.54 Å². The van der Waals surface area contributed by atoms with Crippen LogP contribution in [0.25, 0.3) is 10.9 Å². The molecule has 1 heterocycles.